The highest BCUT2D eigenvalue weighted by Gasteiger charge is 2.04. The van der Waals surface area contributed by atoms with Crippen LogP contribution < -0.4 is 5.32 Å². The molecule has 0 fully saturated rings. The molecule has 0 heterocycles. The first-order valence-electron chi connectivity index (χ1n) is 4.50. The molecule has 0 bridgehead atoms. The number of nitrogens with one attached hydrogen (secondary N) is 1. The lowest BCUT2D eigenvalue weighted by Crippen LogP contribution is -2.18. The zero-order valence-electron chi connectivity index (χ0n) is 7.93. The summed E-state index contributed by atoms with van der Waals surface area (Å²) in [6, 6.07) is 4.67. The van der Waals surface area contributed by atoms with Gasteiger partial charge in [-0.3, -0.25) is 0 Å². The van der Waals surface area contributed by atoms with Crippen LogP contribution in [0.1, 0.15) is 13.3 Å². The maximum absolute atomic E-state index is 13.2. The van der Waals surface area contributed by atoms with Gasteiger partial charge in [0, 0.05) is 11.0 Å². The molecule has 14 heavy (non-hydrogen) atoms. The molecule has 1 unspecified atom stereocenters. The molecule has 0 aliphatic carbocycles. The molecule has 0 saturated heterocycles. The van der Waals surface area contributed by atoms with Gasteiger partial charge in [0.2, 0.25) is 0 Å². The fraction of sp³-hybridized carbons (Fsp3) is 0.400. The second-order valence-electron chi connectivity index (χ2n) is 3.07. The molecule has 4 heteroatoms. The zero-order chi connectivity index (χ0) is 10.6. The Hall–Kier alpha value is -0.610. The number of aliphatic hydroxyl groups is 1. The Morgan fingerprint density at radius 3 is 2.93 bits per heavy atom. The molecule has 0 aliphatic heterocycles. The van der Waals surface area contributed by atoms with Crippen LogP contribution in [0.5, 0.6) is 0 Å². The van der Waals surface area contributed by atoms with Gasteiger partial charge in [0.05, 0.1) is 11.8 Å². The van der Waals surface area contributed by atoms with E-state index in [4.69, 9.17) is 0 Å². The number of halogens is 2. The van der Waals surface area contributed by atoms with E-state index in [1.807, 2.05) is 6.92 Å². The average molecular weight is 262 g/mol. The van der Waals surface area contributed by atoms with E-state index in [0.29, 0.717) is 18.7 Å². The van der Waals surface area contributed by atoms with E-state index >= 15 is 0 Å². The van der Waals surface area contributed by atoms with Crippen molar-refractivity contribution in [1.82, 2.24) is 0 Å². The van der Waals surface area contributed by atoms with Crippen LogP contribution in [-0.2, 0) is 0 Å². The Labute approximate surface area is 91.3 Å². The first-order valence-corrected chi connectivity index (χ1v) is 5.29. The van der Waals surface area contributed by atoms with Crippen molar-refractivity contribution in [1.29, 1.82) is 0 Å². The topological polar surface area (TPSA) is 32.3 Å². The smallest absolute Gasteiger partial charge is 0.146 e. The lowest BCUT2D eigenvalue weighted by atomic mass is 10.2. The van der Waals surface area contributed by atoms with Crippen molar-refractivity contribution in [2.45, 2.75) is 19.4 Å². The second-order valence-corrected chi connectivity index (χ2v) is 3.98. The van der Waals surface area contributed by atoms with Crippen LogP contribution in [0.3, 0.4) is 0 Å². The molecule has 0 amide bonds. The van der Waals surface area contributed by atoms with Gasteiger partial charge in [0.25, 0.3) is 0 Å². The maximum Gasteiger partial charge on any atom is 0.146 e. The van der Waals surface area contributed by atoms with E-state index in [0.717, 1.165) is 4.47 Å². The van der Waals surface area contributed by atoms with E-state index < -0.39 is 6.10 Å². The van der Waals surface area contributed by atoms with Gasteiger partial charge in [0.15, 0.2) is 0 Å². The van der Waals surface area contributed by atoms with E-state index in [1.54, 1.807) is 12.1 Å². The largest absolute Gasteiger partial charge is 0.391 e. The van der Waals surface area contributed by atoms with Crippen molar-refractivity contribution in [2.24, 2.45) is 0 Å². The molecule has 1 rings (SSSR count). The van der Waals surface area contributed by atoms with Crippen molar-refractivity contribution < 1.29 is 9.50 Å². The number of hydrogen-bond donors (Lipinski definition) is 2. The van der Waals surface area contributed by atoms with Gasteiger partial charge >= 0.3 is 0 Å². The number of hydrogen-bond acceptors (Lipinski definition) is 2. The van der Waals surface area contributed by atoms with Crippen LogP contribution in [0.15, 0.2) is 22.7 Å². The number of aliphatic hydroxyl groups excluding tert-OH is 1. The molecule has 78 valence electrons. The molecule has 2 N–H and O–H groups in total. The Balaban J connectivity index is 2.62. The van der Waals surface area contributed by atoms with Crippen molar-refractivity contribution >= 4 is 21.6 Å². The van der Waals surface area contributed by atoms with Gasteiger partial charge in [0.1, 0.15) is 5.82 Å². The third-order valence-electron chi connectivity index (χ3n) is 1.93. The van der Waals surface area contributed by atoms with Crippen LogP contribution in [0, 0.1) is 5.82 Å². The summed E-state index contributed by atoms with van der Waals surface area (Å²) in [5.41, 5.74) is 0.409. The minimum Gasteiger partial charge on any atom is -0.391 e. The number of benzene rings is 1. The third-order valence-corrected chi connectivity index (χ3v) is 2.42. The summed E-state index contributed by atoms with van der Waals surface area (Å²) in [6.07, 6.45) is 0.219. The molecule has 1 aromatic carbocycles. The lowest BCUT2D eigenvalue weighted by molar-refractivity contribution is 0.183. The Kier molecular flexibility index (Phi) is 4.35. The summed E-state index contributed by atoms with van der Waals surface area (Å²) < 4.78 is 14.0. The van der Waals surface area contributed by atoms with Gasteiger partial charge in [-0.15, -0.1) is 0 Å². The molecule has 2 nitrogen and oxygen atoms in total. The second kappa shape index (κ2) is 5.32. The molecule has 0 radical (unpaired) electrons. The fourth-order valence-corrected chi connectivity index (χ4v) is 1.37. The summed E-state index contributed by atoms with van der Waals surface area (Å²) in [7, 11) is 0. The number of anilines is 1. The van der Waals surface area contributed by atoms with Crippen LogP contribution in [0.2, 0.25) is 0 Å². The van der Waals surface area contributed by atoms with Crippen molar-refractivity contribution in [3.05, 3.63) is 28.5 Å². The SMILES string of the molecule is CCC(O)CNc1cc(Br)ccc1F. The molecule has 1 aromatic rings. The minimum atomic E-state index is -0.437. The van der Waals surface area contributed by atoms with Crippen LogP contribution in [-0.4, -0.2) is 17.8 Å². The normalized spacial score (nSPS) is 12.6. The van der Waals surface area contributed by atoms with E-state index in [-0.39, 0.29) is 5.82 Å². The first-order chi connectivity index (χ1) is 6.63. The molecule has 0 saturated carbocycles. The van der Waals surface area contributed by atoms with Crippen LogP contribution in [0.25, 0.3) is 0 Å². The monoisotopic (exact) mass is 261 g/mol. The van der Waals surface area contributed by atoms with E-state index in [2.05, 4.69) is 21.2 Å². The first kappa shape index (κ1) is 11.5. The Bertz CT molecular complexity index is 306. The Morgan fingerprint density at radius 2 is 2.29 bits per heavy atom. The van der Waals surface area contributed by atoms with Crippen LogP contribution in [0.4, 0.5) is 10.1 Å². The minimum absolute atomic E-state index is 0.309. The van der Waals surface area contributed by atoms with E-state index in [1.165, 1.54) is 6.07 Å². The predicted octanol–water partition coefficient (Wildman–Crippen LogP) is 2.77. The molecular formula is C10H13BrFNO. The molecule has 1 atom stereocenters. The van der Waals surface area contributed by atoms with E-state index in [9.17, 15) is 9.50 Å². The summed E-state index contributed by atoms with van der Waals surface area (Å²) in [5, 5.41) is 12.1. The van der Waals surface area contributed by atoms with Gasteiger partial charge < -0.3 is 10.4 Å². The lowest BCUT2D eigenvalue weighted by Gasteiger charge is -2.11. The molecule has 0 aliphatic rings. The summed E-state index contributed by atoms with van der Waals surface area (Å²) in [5.74, 6) is -0.309. The summed E-state index contributed by atoms with van der Waals surface area (Å²) in [6.45, 7) is 2.24. The van der Waals surface area contributed by atoms with Gasteiger partial charge in [-0.25, -0.2) is 4.39 Å². The average Bonchev–Trinajstić information content (AvgIpc) is 2.19. The Morgan fingerprint density at radius 1 is 1.57 bits per heavy atom. The van der Waals surface area contributed by atoms with Crippen LogP contribution >= 0.6 is 15.9 Å². The summed E-state index contributed by atoms with van der Waals surface area (Å²) in [4.78, 5) is 0. The quantitative estimate of drug-likeness (QED) is 0.874. The van der Waals surface area contributed by atoms with Gasteiger partial charge in [-0.2, -0.15) is 0 Å². The highest BCUT2D eigenvalue weighted by atomic mass is 79.9. The molecular weight excluding hydrogens is 249 g/mol. The highest BCUT2D eigenvalue weighted by Crippen LogP contribution is 2.19. The molecule has 0 spiro atoms. The molecule has 0 aromatic heterocycles. The third kappa shape index (κ3) is 3.27. The van der Waals surface area contributed by atoms with Crippen molar-refractivity contribution in [3.63, 3.8) is 0 Å². The zero-order valence-corrected chi connectivity index (χ0v) is 9.51. The van der Waals surface area contributed by atoms with Crippen molar-refractivity contribution in [3.8, 4) is 0 Å². The van der Waals surface area contributed by atoms with Crippen molar-refractivity contribution in [2.75, 3.05) is 11.9 Å². The summed E-state index contributed by atoms with van der Waals surface area (Å²) >= 11 is 3.25. The fourth-order valence-electron chi connectivity index (χ4n) is 1.01. The maximum atomic E-state index is 13.2. The standard InChI is InChI=1S/C10H13BrFNO/c1-2-8(14)6-13-10-5-7(11)3-4-9(10)12/h3-5,8,13-14H,2,6H2,1H3. The predicted molar refractivity (Wildman–Crippen MR) is 58.9 cm³/mol. The van der Waals surface area contributed by atoms with Gasteiger partial charge in [-0.1, -0.05) is 22.9 Å². The van der Waals surface area contributed by atoms with Gasteiger partial charge in [-0.05, 0) is 24.6 Å². The number of rotatable bonds is 4. The highest BCUT2D eigenvalue weighted by molar-refractivity contribution is 9.10.